The molecule has 126 valence electrons. The molecule has 0 aliphatic carbocycles. The minimum Gasteiger partial charge on any atom is -0.507 e. The highest BCUT2D eigenvalue weighted by atomic mass is 16.5. The maximum Gasteiger partial charge on any atom is 0.196 e. The molecule has 0 saturated carbocycles. The monoisotopic (exact) mass is 334 g/mol. The molecule has 25 heavy (non-hydrogen) atoms. The topological polar surface area (TPSA) is 66.8 Å². The third-order valence-electron chi connectivity index (χ3n) is 3.83. The van der Waals surface area contributed by atoms with Gasteiger partial charge < -0.3 is 14.9 Å². The zero-order valence-electron chi connectivity index (χ0n) is 13.6. The van der Waals surface area contributed by atoms with Gasteiger partial charge in [0.2, 0.25) is 0 Å². The number of phenolic OH excluding ortho intramolecular Hbond substituents is 1. The van der Waals surface area contributed by atoms with E-state index in [1.165, 1.54) is 12.1 Å². The Morgan fingerprint density at radius 2 is 1.56 bits per heavy atom. The van der Waals surface area contributed by atoms with Gasteiger partial charge >= 0.3 is 0 Å². The van der Waals surface area contributed by atoms with Gasteiger partial charge in [0, 0.05) is 11.6 Å². The van der Waals surface area contributed by atoms with E-state index in [9.17, 15) is 9.90 Å². The number of ether oxygens (including phenoxy) is 1. The van der Waals surface area contributed by atoms with E-state index in [1.54, 1.807) is 18.2 Å². The van der Waals surface area contributed by atoms with Crippen molar-refractivity contribution in [3.63, 3.8) is 0 Å². The van der Waals surface area contributed by atoms with Crippen LogP contribution in [0.3, 0.4) is 0 Å². The highest BCUT2D eigenvalue weighted by molar-refractivity contribution is 6.10. The average Bonchev–Trinajstić information content (AvgIpc) is 2.67. The third kappa shape index (κ3) is 3.87. The Morgan fingerprint density at radius 1 is 0.880 bits per heavy atom. The molecule has 0 spiro atoms. The summed E-state index contributed by atoms with van der Waals surface area (Å²) in [5.74, 6) is 0.000853. The van der Waals surface area contributed by atoms with Gasteiger partial charge in [-0.05, 0) is 23.3 Å². The molecule has 0 radical (unpaired) electrons. The van der Waals surface area contributed by atoms with E-state index in [0.29, 0.717) is 11.3 Å². The maximum absolute atomic E-state index is 12.6. The molecular formula is C21H18O4. The van der Waals surface area contributed by atoms with Crippen molar-refractivity contribution in [2.24, 2.45) is 0 Å². The fourth-order valence-electron chi connectivity index (χ4n) is 2.56. The number of aliphatic hydroxyl groups is 1. The molecule has 0 bridgehead atoms. The van der Waals surface area contributed by atoms with Gasteiger partial charge in [-0.1, -0.05) is 54.6 Å². The summed E-state index contributed by atoms with van der Waals surface area (Å²) in [6, 6.07) is 21.7. The van der Waals surface area contributed by atoms with Crippen molar-refractivity contribution >= 4 is 5.78 Å². The SMILES string of the molecule is O=C(c1ccc(-c2ccccc2)cc1)c1ccc(OCCO)cc1O. The molecule has 0 aliphatic rings. The molecular weight excluding hydrogens is 316 g/mol. The summed E-state index contributed by atoms with van der Waals surface area (Å²) in [7, 11) is 0. The molecule has 0 aliphatic heterocycles. The number of hydrogen-bond donors (Lipinski definition) is 2. The van der Waals surface area contributed by atoms with Crippen LogP contribution in [0.15, 0.2) is 72.8 Å². The van der Waals surface area contributed by atoms with Gasteiger partial charge in [-0.2, -0.15) is 0 Å². The summed E-state index contributed by atoms with van der Waals surface area (Å²) >= 11 is 0. The molecule has 3 rings (SSSR count). The molecule has 2 N–H and O–H groups in total. The third-order valence-corrected chi connectivity index (χ3v) is 3.83. The first-order valence-corrected chi connectivity index (χ1v) is 7.96. The van der Waals surface area contributed by atoms with Crippen LogP contribution >= 0.6 is 0 Å². The van der Waals surface area contributed by atoms with Gasteiger partial charge in [0.15, 0.2) is 5.78 Å². The number of phenols is 1. The summed E-state index contributed by atoms with van der Waals surface area (Å²) < 4.78 is 5.22. The molecule has 0 fully saturated rings. The number of carbonyl (C=O) groups excluding carboxylic acids is 1. The van der Waals surface area contributed by atoms with Crippen molar-refractivity contribution in [3.05, 3.63) is 83.9 Å². The van der Waals surface area contributed by atoms with Crippen molar-refractivity contribution in [2.45, 2.75) is 0 Å². The van der Waals surface area contributed by atoms with Crippen LogP contribution in [0.4, 0.5) is 0 Å². The van der Waals surface area contributed by atoms with Gasteiger partial charge in [0.1, 0.15) is 18.1 Å². The Kier molecular flexibility index (Phi) is 5.11. The average molecular weight is 334 g/mol. The Morgan fingerprint density at radius 3 is 2.20 bits per heavy atom. The second-order valence-corrected chi connectivity index (χ2v) is 5.52. The highest BCUT2D eigenvalue weighted by Crippen LogP contribution is 2.27. The molecule has 4 nitrogen and oxygen atoms in total. The molecule has 0 amide bonds. The van der Waals surface area contributed by atoms with Gasteiger partial charge in [0.25, 0.3) is 0 Å². The number of carbonyl (C=O) groups is 1. The quantitative estimate of drug-likeness (QED) is 0.675. The lowest BCUT2D eigenvalue weighted by molar-refractivity contribution is 0.103. The van der Waals surface area contributed by atoms with Gasteiger partial charge in [-0.15, -0.1) is 0 Å². The van der Waals surface area contributed by atoms with E-state index >= 15 is 0 Å². The second-order valence-electron chi connectivity index (χ2n) is 5.52. The van der Waals surface area contributed by atoms with Crippen molar-refractivity contribution in [1.29, 1.82) is 0 Å². The number of rotatable bonds is 6. The van der Waals surface area contributed by atoms with Crippen molar-refractivity contribution in [2.75, 3.05) is 13.2 Å². The first-order chi connectivity index (χ1) is 12.2. The number of hydrogen-bond acceptors (Lipinski definition) is 4. The smallest absolute Gasteiger partial charge is 0.196 e. The van der Waals surface area contributed by atoms with Crippen LogP contribution in [0, 0.1) is 0 Å². The van der Waals surface area contributed by atoms with Crippen LogP contribution in [0.1, 0.15) is 15.9 Å². The predicted octanol–water partition coefficient (Wildman–Crippen LogP) is 3.66. The van der Waals surface area contributed by atoms with Crippen molar-refractivity contribution in [3.8, 4) is 22.6 Å². The largest absolute Gasteiger partial charge is 0.507 e. The van der Waals surface area contributed by atoms with E-state index in [0.717, 1.165) is 11.1 Å². The molecule has 0 aromatic heterocycles. The lowest BCUT2D eigenvalue weighted by atomic mass is 9.99. The Labute approximate surface area is 146 Å². The van der Waals surface area contributed by atoms with Crippen LogP contribution in [0.5, 0.6) is 11.5 Å². The molecule has 3 aromatic carbocycles. The van der Waals surface area contributed by atoms with E-state index in [1.807, 2.05) is 42.5 Å². The Bertz CT molecular complexity index is 855. The normalized spacial score (nSPS) is 10.4. The summed E-state index contributed by atoms with van der Waals surface area (Å²) in [4.78, 5) is 12.6. The van der Waals surface area contributed by atoms with Gasteiger partial charge in [-0.25, -0.2) is 0 Å². The van der Waals surface area contributed by atoms with Gasteiger partial charge in [-0.3, -0.25) is 4.79 Å². The number of aliphatic hydroxyl groups excluding tert-OH is 1. The van der Waals surface area contributed by atoms with E-state index < -0.39 is 0 Å². The molecule has 0 saturated heterocycles. The summed E-state index contributed by atoms with van der Waals surface area (Å²) in [6.45, 7) is 0.0168. The fourth-order valence-corrected chi connectivity index (χ4v) is 2.56. The molecule has 0 atom stereocenters. The van der Waals surface area contributed by atoms with Gasteiger partial charge in [0.05, 0.1) is 12.2 Å². The minimum atomic E-state index is -0.259. The minimum absolute atomic E-state index is 0.116. The molecule has 0 heterocycles. The van der Waals surface area contributed by atoms with E-state index in [4.69, 9.17) is 9.84 Å². The lowest BCUT2D eigenvalue weighted by Crippen LogP contribution is -2.04. The zero-order chi connectivity index (χ0) is 17.6. The van der Waals surface area contributed by atoms with Crippen LogP contribution in [-0.2, 0) is 0 Å². The molecule has 3 aromatic rings. The number of ketones is 1. The Balaban J connectivity index is 1.81. The summed E-state index contributed by atoms with van der Waals surface area (Å²) in [5, 5.41) is 18.8. The zero-order valence-corrected chi connectivity index (χ0v) is 13.6. The van der Waals surface area contributed by atoms with Crippen LogP contribution < -0.4 is 4.74 Å². The number of benzene rings is 3. The summed E-state index contributed by atoms with van der Waals surface area (Å²) in [6.07, 6.45) is 0. The van der Waals surface area contributed by atoms with E-state index in [2.05, 4.69) is 0 Å². The standard InChI is InChI=1S/C21H18O4/c22-12-13-25-18-10-11-19(20(23)14-18)21(24)17-8-6-16(7-9-17)15-4-2-1-3-5-15/h1-11,14,22-23H,12-13H2. The lowest BCUT2D eigenvalue weighted by Gasteiger charge is -2.08. The second kappa shape index (κ2) is 7.64. The highest BCUT2D eigenvalue weighted by Gasteiger charge is 2.14. The first kappa shape index (κ1) is 16.7. The molecule has 4 heteroatoms. The molecule has 0 unspecified atom stereocenters. The first-order valence-electron chi connectivity index (χ1n) is 7.96. The van der Waals surface area contributed by atoms with Crippen LogP contribution in [0.2, 0.25) is 0 Å². The van der Waals surface area contributed by atoms with Crippen LogP contribution in [-0.4, -0.2) is 29.2 Å². The van der Waals surface area contributed by atoms with Crippen LogP contribution in [0.25, 0.3) is 11.1 Å². The fraction of sp³-hybridized carbons (Fsp3) is 0.0952. The Hall–Kier alpha value is -3.11. The predicted molar refractivity (Wildman–Crippen MR) is 96.0 cm³/mol. The van der Waals surface area contributed by atoms with Crippen molar-refractivity contribution in [1.82, 2.24) is 0 Å². The maximum atomic E-state index is 12.6. The van der Waals surface area contributed by atoms with Crippen molar-refractivity contribution < 1.29 is 19.7 Å². The van der Waals surface area contributed by atoms with E-state index in [-0.39, 0.29) is 30.3 Å². The number of aromatic hydroxyl groups is 1. The summed E-state index contributed by atoms with van der Waals surface area (Å²) in [5.41, 5.74) is 2.81.